The van der Waals surface area contributed by atoms with Gasteiger partial charge in [-0.05, 0) is 61.2 Å². The van der Waals surface area contributed by atoms with Crippen LogP contribution in [0.1, 0.15) is 43.0 Å². The number of allylic oxidation sites excluding steroid dienone is 1. The van der Waals surface area contributed by atoms with E-state index in [0.29, 0.717) is 39.8 Å². The number of fused-ring (bicyclic) bond motifs is 1. The summed E-state index contributed by atoms with van der Waals surface area (Å²) in [5.41, 5.74) is 4.92. The van der Waals surface area contributed by atoms with Gasteiger partial charge in [0.05, 0.1) is 12.2 Å². The third-order valence-electron chi connectivity index (χ3n) is 6.43. The van der Waals surface area contributed by atoms with E-state index in [4.69, 9.17) is 26.4 Å². The van der Waals surface area contributed by atoms with Crippen LogP contribution in [0.25, 0.3) is 0 Å². The number of carbonyl (C=O) groups excluding carboxylic acids is 1. The van der Waals surface area contributed by atoms with Crippen LogP contribution in [-0.4, -0.2) is 27.3 Å². The van der Waals surface area contributed by atoms with Gasteiger partial charge in [-0.25, -0.2) is 4.68 Å². The molecule has 0 fully saturated rings. The van der Waals surface area contributed by atoms with E-state index in [0.717, 1.165) is 34.5 Å². The second-order valence-electron chi connectivity index (χ2n) is 9.30. The Labute approximate surface area is 237 Å². The number of hydrogen-bond donors (Lipinski definition) is 2. The Morgan fingerprint density at radius 2 is 1.90 bits per heavy atom. The third-order valence-corrected chi connectivity index (χ3v) is 7.69. The molecule has 1 aliphatic rings. The Morgan fingerprint density at radius 1 is 1.10 bits per heavy atom. The molecule has 0 spiro atoms. The highest BCUT2D eigenvalue weighted by Gasteiger charge is 2.34. The van der Waals surface area contributed by atoms with Crippen LogP contribution in [0.5, 0.6) is 5.75 Å². The maximum Gasteiger partial charge on any atom is 0.255 e. The van der Waals surface area contributed by atoms with Crippen LogP contribution >= 0.6 is 23.4 Å². The molecular weight excluding hydrogens is 530 g/mol. The molecule has 4 aromatic rings. The van der Waals surface area contributed by atoms with Crippen molar-refractivity contribution >= 4 is 40.9 Å². The molecule has 3 aromatic carbocycles. The van der Waals surface area contributed by atoms with Gasteiger partial charge in [0.25, 0.3) is 5.91 Å². The van der Waals surface area contributed by atoms with Crippen molar-refractivity contribution in [1.82, 2.24) is 14.8 Å². The molecule has 1 aliphatic heterocycles. The maximum atomic E-state index is 13.8. The zero-order chi connectivity index (χ0) is 27.4. The molecule has 5 rings (SSSR count). The van der Waals surface area contributed by atoms with Gasteiger partial charge in [0.2, 0.25) is 11.1 Å². The fraction of sp³-hybridized carbons (Fsp3) is 0.233. The lowest BCUT2D eigenvalue weighted by atomic mass is 9.94. The molecule has 1 unspecified atom stereocenters. The van der Waals surface area contributed by atoms with Crippen molar-refractivity contribution in [2.75, 3.05) is 17.2 Å². The number of aryl methyl sites for hydroxylation is 1. The molecule has 0 radical (unpaired) electrons. The van der Waals surface area contributed by atoms with E-state index in [1.807, 2.05) is 86.6 Å². The smallest absolute Gasteiger partial charge is 0.255 e. The second-order valence-corrected chi connectivity index (χ2v) is 10.6. The number of anilines is 2. The van der Waals surface area contributed by atoms with E-state index in [1.165, 1.54) is 11.8 Å². The third kappa shape index (κ3) is 5.97. The summed E-state index contributed by atoms with van der Waals surface area (Å²) in [7, 11) is 0. The molecule has 39 heavy (non-hydrogen) atoms. The number of para-hydroxylation sites is 1. The number of rotatable bonds is 9. The van der Waals surface area contributed by atoms with Crippen molar-refractivity contribution < 1.29 is 9.53 Å². The molecule has 0 saturated heterocycles. The topological polar surface area (TPSA) is 81.1 Å². The van der Waals surface area contributed by atoms with E-state index in [1.54, 1.807) is 4.68 Å². The maximum absolute atomic E-state index is 13.8. The van der Waals surface area contributed by atoms with E-state index < -0.39 is 6.04 Å². The molecule has 0 bridgehead atoms. The highest BCUT2D eigenvalue weighted by Crippen LogP contribution is 2.38. The second kappa shape index (κ2) is 12.0. The van der Waals surface area contributed by atoms with Crippen LogP contribution in [0.3, 0.4) is 0 Å². The standard InChI is InChI=1S/C30H30ClN5O2S/c1-4-16-38-23-13-9-12-21(17-23)27-26(28(37)33-25-15-8-5-10-19(25)2)20(3)32-29-34-30(35-36(27)29)39-18-22-11-6-7-14-24(22)31/h5-15,17,27H,4,16,18H2,1-3H3,(H,33,37)(H,32,34,35). The number of thioether (sulfide) groups is 1. The SMILES string of the molecule is CCCOc1cccc(C2C(C(=O)Nc3ccccc3C)=C(C)Nc3nc(SCc4ccccc4Cl)nn32)c1. The molecule has 1 aromatic heterocycles. The van der Waals surface area contributed by atoms with Crippen LogP contribution in [-0.2, 0) is 10.5 Å². The fourth-order valence-corrected chi connectivity index (χ4v) is 5.56. The number of amides is 1. The number of hydrogen-bond acceptors (Lipinski definition) is 6. The first-order valence-corrected chi connectivity index (χ1v) is 14.2. The average molecular weight is 560 g/mol. The summed E-state index contributed by atoms with van der Waals surface area (Å²) in [6.07, 6.45) is 0.903. The van der Waals surface area contributed by atoms with Crippen molar-refractivity contribution in [3.05, 3.63) is 106 Å². The Bertz CT molecular complexity index is 1530. The first-order chi connectivity index (χ1) is 18.9. The van der Waals surface area contributed by atoms with Gasteiger partial charge < -0.3 is 15.4 Å². The van der Waals surface area contributed by atoms with Crippen molar-refractivity contribution in [2.24, 2.45) is 0 Å². The number of nitrogens with zero attached hydrogens (tertiary/aromatic N) is 3. The summed E-state index contributed by atoms with van der Waals surface area (Å²) in [4.78, 5) is 18.6. The number of ether oxygens (including phenoxy) is 1. The Balaban J connectivity index is 1.51. The van der Waals surface area contributed by atoms with Gasteiger partial charge in [0.15, 0.2) is 0 Å². The van der Waals surface area contributed by atoms with Crippen molar-refractivity contribution in [3.8, 4) is 5.75 Å². The molecule has 0 aliphatic carbocycles. The van der Waals surface area contributed by atoms with Gasteiger partial charge in [0.1, 0.15) is 11.8 Å². The minimum atomic E-state index is -0.502. The summed E-state index contributed by atoms with van der Waals surface area (Å²) in [6.45, 7) is 6.55. The van der Waals surface area contributed by atoms with Gasteiger partial charge >= 0.3 is 0 Å². The van der Waals surface area contributed by atoms with Crippen LogP contribution in [0.2, 0.25) is 5.02 Å². The largest absolute Gasteiger partial charge is 0.494 e. The van der Waals surface area contributed by atoms with Gasteiger partial charge in [0, 0.05) is 22.2 Å². The molecule has 200 valence electrons. The van der Waals surface area contributed by atoms with Gasteiger partial charge in [-0.2, -0.15) is 4.98 Å². The molecule has 7 nitrogen and oxygen atoms in total. The molecular formula is C30H30ClN5O2S. The average Bonchev–Trinajstić information content (AvgIpc) is 3.34. The van der Waals surface area contributed by atoms with Gasteiger partial charge in [-0.3, -0.25) is 4.79 Å². The van der Waals surface area contributed by atoms with Gasteiger partial charge in [-0.1, -0.05) is 78.8 Å². The lowest BCUT2D eigenvalue weighted by Gasteiger charge is -2.29. The summed E-state index contributed by atoms with van der Waals surface area (Å²) in [5.74, 6) is 1.75. The number of halogens is 1. The molecule has 2 heterocycles. The van der Waals surface area contributed by atoms with Gasteiger partial charge in [-0.15, -0.1) is 5.10 Å². The molecule has 1 atom stereocenters. The molecule has 2 N–H and O–H groups in total. The molecule has 1 amide bonds. The minimum Gasteiger partial charge on any atom is -0.494 e. The zero-order valence-corrected chi connectivity index (χ0v) is 23.6. The Hall–Kier alpha value is -3.75. The first kappa shape index (κ1) is 26.8. The quantitative estimate of drug-likeness (QED) is 0.210. The van der Waals surface area contributed by atoms with E-state index in [9.17, 15) is 4.79 Å². The van der Waals surface area contributed by atoms with E-state index in [2.05, 4.69) is 17.6 Å². The van der Waals surface area contributed by atoms with Crippen molar-refractivity contribution in [3.63, 3.8) is 0 Å². The minimum absolute atomic E-state index is 0.203. The number of carbonyl (C=O) groups is 1. The number of nitrogens with one attached hydrogen (secondary N) is 2. The zero-order valence-electron chi connectivity index (χ0n) is 22.1. The van der Waals surface area contributed by atoms with Crippen LogP contribution < -0.4 is 15.4 Å². The predicted molar refractivity (Wildman–Crippen MR) is 158 cm³/mol. The summed E-state index contributed by atoms with van der Waals surface area (Å²) < 4.78 is 7.70. The Kier molecular flexibility index (Phi) is 8.24. The molecule has 9 heteroatoms. The van der Waals surface area contributed by atoms with Crippen LogP contribution in [0.4, 0.5) is 11.6 Å². The first-order valence-electron chi connectivity index (χ1n) is 12.8. The summed E-state index contributed by atoms with van der Waals surface area (Å²) in [5, 5.41) is 12.6. The lowest BCUT2D eigenvalue weighted by molar-refractivity contribution is -0.113. The van der Waals surface area contributed by atoms with E-state index >= 15 is 0 Å². The lowest BCUT2D eigenvalue weighted by Crippen LogP contribution is -2.31. The number of aromatic nitrogens is 3. The van der Waals surface area contributed by atoms with Crippen LogP contribution in [0, 0.1) is 6.92 Å². The predicted octanol–water partition coefficient (Wildman–Crippen LogP) is 7.25. The van der Waals surface area contributed by atoms with Crippen molar-refractivity contribution in [2.45, 2.75) is 44.1 Å². The van der Waals surface area contributed by atoms with E-state index in [-0.39, 0.29) is 5.91 Å². The number of benzene rings is 3. The van der Waals surface area contributed by atoms with Crippen molar-refractivity contribution in [1.29, 1.82) is 0 Å². The highest BCUT2D eigenvalue weighted by molar-refractivity contribution is 7.98. The fourth-order valence-electron chi connectivity index (χ4n) is 4.45. The monoisotopic (exact) mass is 559 g/mol. The Morgan fingerprint density at radius 3 is 2.69 bits per heavy atom. The summed E-state index contributed by atoms with van der Waals surface area (Å²) >= 11 is 7.86. The summed E-state index contributed by atoms with van der Waals surface area (Å²) in [6, 6.07) is 22.8. The normalized spacial score (nSPS) is 14.5. The molecule has 0 saturated carbocycles. The highest BCUT2D eigenvalue weighted by atomic mass is 35.5. The van der Waals surface area contributed by atoms with Crippen LogP contribution in [0.15, 0.2) is 89.2 Å².